The number of rotatable bonds is 10. The number of halogens is 3. The number of nitrogens with one attached hydrogen (secondary N) is 2. The van der Waals surface area contributed by atoms with Gasteiger partial charge in [0.2, 0.25) is 5.91 Å². The zero-order valence-electron chi connectivity index (χ0n) is 25.6. The first-order valence-electron chi connectivity index (χ1n) is 14.5. The number of hydrogen-bond donors (Lipinski definition) is 3. The standard InChI is InChI=1S/C35H35F3N2O5S/c1-34(2,3)28-14-10-26(11-15-28)31(22-23-4-6-27(7-5-23)32(41)39-20-21-46(43,44)45)33(42)40-30-18-12-25(13-19-30)24-8-16-29(17-9-24)35(36,37)38/h4-19,31H,20-22H2,1-3H3,(H,39,41)(H,40,42)(H,43,44,45). The lowest BCUT2D eigenvalue weighted by Crippen LogP contribution is -2.28. The van der Waals surface area contributed by atoms with Crippen molar-refractivity contribution in [2.45, 2.75) is 44.7 Å². The Hall–Kier alpha value is -4.48. The highest BCUT2D eigenvalue weighted by molar-refractivity contribution is 7.85. The number of anilines is 1. The van der Waals surface area contributed by atoms with Crippen LogP contribution in [0.4, 0.5) is 18.9 Å². The van der Waals surface area contributed by atoms with Crippen LogP contribution in [-0.4, -0.2) is 37.1 Å². The zero-order valence-corrected chi connectivity index (χ0v) is 26.4. The third-order valence-corrected chi connectivity index (χ3v) is 8.22. The highest BCUT2D eigenvalue weighted by Gasteiger charge is 2.30. The number of amides is 2. The zero-order chi connectivity index (χ0) is 33.7. The van der Waals surface area contributed by atoms with Gasteiger partial charge in [0, 0.05) is 17.8 Å². The maximum Gasteiger partial charge on any atom is 0.416 e. The molecule has 0 aliphatic rings. The summed E-state index contributed by atoms with van der Waals surface area (Å²) >= 11 is 0. The van der Waals surface area contributed by atoms with Gasteiger partial charge in [-0.3, -0.25) is 14.1 Å². The van der Waals surface area contributed by atoms with Crippen molar-refractivity contribution < 1.29 is 35.7 Å². The van der Waals surface area contributed by atoms with E-state index in [1.54, 1.807) is 48.5 Å². The molecule has 7 nitrogen and oxygen atoms in total. The second-order valence-corrected chi connectivity index (χ2v) is 13.6. The minimum Gasteiger partial charge on any atom is -0.351 e. The lowest BCUT2D eigenvalue weighted by atomic mass is 9.84. The SMILES string of the molecule is CC(C)(C)c1ccc(C(Cc2ccc(C(=O)NCCS(=O)(=O)O)cc2)C(=O)Nc2ccc(-c3ccc(C(F)(F)F)cc3)cc2)cc1. The number of alkyl halides is 3. The molecule has 4 aromatic carbocycles. The maximum atomic E-state index is 13.7. The van der Waals surface area contributed by atoms with E-state index in [2.05, 4.69) is 31.4 Å². The highest BCUT2D eigenvalue weighted by Crippen LogP contribution is 2.32. The first kappa shape index (κ1) is 34.4. The molecule has 1 unspecified atom stereocenters. The van der Waals surface area contributed by atoms with E-state index in [9.17, 15) is 31.2 Å². The van der Waals surface area contributed by atoms with E-state index in [0.717, 1.165) is 28.8 Å². The third-order valence-electron chi connectivity index (χ3n) is 7.50. The van der Waals surface area contributed by atoms with Crippen LogP contribution in [-0.2, 0) is 32.9 Å². The van der Waals surface area contributed by atoms with E-state index >= 15 is 0 Å². The first-order chi connectivity index (χ1) is 21.5. The molecule has 4 aromatic rings. The van der Waals surface area contributed by atoms with Crippen molar-refractivity contribution in [2.75, 3.05) is 17.6 Å². The maximum absolute atomic E-state index is 13.7. The molecule has 2 amide bonds. The predicted octanol–water partition coefficient (Wildman–Crippen LogP) is 7.25. The Kier molecular flexibility index (Phi) is 10.4. The van der Waals surface area contributed by atoms with E-state index in [1.165, 1.54) is 12.1 Å². The summed E-state index contributed by atoms with van der Waals surface area (Å²) in [5.74, 6) is -1.96. The highest BCUT2D eigenvalue weighted by atomic mass is 32.2. The first-order valence-corrected chi connectivity index (χ1v) is 16.1. The molecule has 0 spiro atoms. The molecule has 0 fully saturated rings. The molecule has 0 aliphatic carbocycles. The molecule has 0 aliphatic heterocycles. The summed E-state index contributed by atoms with van der Waals surface area (Å²) in [7, 11) is -4.20. The van der Waals surface area contributed by atoms with Gasteiger partial charge in [-0.2, -0.15) is 21.6 Å². The van der Waals surface area contributed by atoms with Crippen LogP contribution in [0.5, 0.6) is 0 Å². The molecule has 11 heteroatoms. The molecule has 0 radical (unpaired) electrons. The molecular formula is C35H35F3N2O5S. The summed E-state index contributed by atoms with van der Waals surface area (Å²) in [4.78, 5) is 26.1. The number of hydrogen-bond acceptors (Lipinski definition) is 4. The minimum atomic E-state index is -4.42. The molecule has 0 aromatic heterocycles. The van der Waals surface area contributed by atoms with Gasteiger partial charge in [0.15, 0.2) is 0 Å². The summed E-state index contributed by atoms with van der Waals surface area (Å²) in [6.45, 7) is 6.06. The van der Waals surface area contributed by atoms with Gasteiger partial charge in [0.1, 0.15) is 0 Å². The van der Waals surface area contributed by atoms with Crippen LogP contribution in [0.1, 0.15) is 59.3 Å². The van der Waals surface area contributed by atoms with Crippen molar-refractivity contribution in [3.8, 4) is 11.1 Å². The van der Waals surface area contributed by atoms with Crippen molar-refractivity contribution in [3.05, 3.63) is 125 Å². The average Bonchev–Trinajstić information content (AvgIpc) is 2.99. The molecule has 0 saturated carbocycles. The Morgan fingerprint density at radius 3 is 1.78 bits per heavy atom. The summed E-state index contributed by atoms with van der Waals surface area (Å²) in [5.41, 5.74) is 4.00. The Balaban J connectivity index is 1.51. The van der Waals surface area contributed by atoms with Gasteiger partial charge in [-0.1, -0.05) is 81.4 Å². The number of benzene rings is 4. The van der Waals surface area contributed by atoms with Gasteiger partial charge in [0.05, 0.1) is 17.2 Å². The Morgan fingerprint density at radius 1 is 0.761 bits per heavy atom. The molecule has 0 heterocycles. The lowest BCUT2D eigenvalue weighted by molar-refractivity contribution is -0.137. The fraction of sp³-hybridized carbons (Fsp3) is 0.257. The largest absolute Gasteiger partial charge is 0.416 e. The third kappa shape index (κ3) is 9.51. The monoisotopic (exact) mass is 652 g/mol. The van der Waals surface area contributed by atoms with Gasteiger partial charge in [0.25, 0.3) is 16.0 Å². The van der Waals surface area contributed by atoms with Gasteiger partial charge >= 0.3 is 6.18 Å². The Morgan fingerprint density at radius 2 is 1.28 bits per heavy atom. The van der Waals surface area contributed by atoms with Gasteiger partial charge in [-0.05, 0) is 76.1 Å². The average molecular weight is 653 g/mol. The molecular weight excluding hydrogens is 617 g/mol. The number of carbonyl (C=O) groups excluding carboxylic acids is 2. The molecule has 0 bridgehead atoms. The van der Waals surface area contributed by atoms with Gasteiger partial charge in [-0.15, -0.1) is 0 Å². The molecule has 0 saturated heterocycles. The smallest absolute Gasteiger partial charge is 0.351 e. The summed E-state index contributed by atoms with van der Waals surface area (Å²) in [6.07, 6.45) is -4.10. The van der Waals surface area contributed by atoms with Crippen molar-refractivity contribution >= 4 is 27.6 Å². The van der Waals surface area contributed by atoms with E-state index in [1.807, 2.05) is 24.3 Å². The Labute approximate surface area is 266 Å². The lowest BCUT2D eigenvalue weighted by Gasteiger charge is -2.22. The van der Waals surface area contributed by atoms with Crippen molar-refractivity contribution in [2.24, 2.45) is 0 Å². The summed E-state index contributed by atoms with van der Waals surface area (Å²) < 4.78 is 69.5. The van der Waals surface area contributed by atoms with Crippen LogP contribution in [0.2, 0.25) is 0 Å². The minimum absolute atomic E-state index is 0.0805. The van der Waals surface area contributed by atoms with E-state index in [4.69, 9.17) is 4.55 Å². The second kappa shape index (κ2) is 13.9. The van der Waals surface area contributed by atoms with E-state index < -0.39 is 39.4 Å². The van der Waals surface area contributed by atoms with E-state index in [-0.39, 0.29) is 17.9 Å². The van der Waals surface area contributed by atoms with Crippen LogP contribution in [0.3, 0.4) is 0 Å². The topological polar surface area (TPSA) is 113 Å². The van der Waals surface area contributed by atoms with Crippen LogP contribution in [0, 0.1) is 0 Å². The summed E-state index contributed by atoms with van der Waals surface area (Å²) in [5, 5.41) is 5.40. The van der Waals surface area contributed by atoms with Crippen LogP contribution < -0.4 is 10.6 Å². The quantitative estimate of drug-likeness (QED) is 0.156. The van der Waals surface area contributed by atoms with Gasteiger partial charge < -0.3 is 10.6 Å². The van der Waals surface area contributed by atoms with E-state index in [0.29, 0.717) is 28.8 Å². The summed E-state index contributed by atoms with van der Waals surface area (Å²) in [6, 6.07) is 26.2. The molecule has 4 rings (SSSR count). The molecule has 46 heavy (non-hydrogen) atoms. The molecule has 3 N–H and O–H groups in total. The Bertz CT molecular complexity index is 1760. The number of carbonyl (C=O) groups is 2. The van der Waals surface area contributed by atoms with Crippen molar-refractivity contribution in [3.63, 3.8) is 0 Å². The van der Waals surface area contributed by atoms with Crippen LogP contribution in [0.15, 0.2) is 97.1 Å². The van der Waals surface area contributed by atoms with Crippen molar-refractivity contribution in [1.82, 2.24) is 5.32 Å². The fourth-order valence-corrected chi connectivity index (χ4v) is 5.19. The van der Waals surface area contributed by atoms with Crippen LogP contribution in [0.25, 0.3) is 11.1 Å². The van der Waals surface area contributed by atoms with Gasteiger partial charge in [-0.25, -0.2) is 0 Å². The predicted molar refractivity (Wildman–Crippen MR) is 172 cm³/mol. The fourth-order valence-electron chi connectivity index (χ4n) is 4.83. The normalized spacial score (nSPS) is 12.8. The molecule has 1 atom stereocenters. The van der Waals surface area contributed by atoms with Crippen molar-refractivity contribution in [1.29, 1.82) is 0 Å². The second-order valence-electron chi connectivity index (χ2n) is 12.0. The molecule has 242 valence electrons. The van der Waals surface area contributed by atoms with Crippen LogP contribution >= 0.6 is 0 Å².